The minimum absolute atomic E-state index is 0.0134. The van der Waals surface area contributed by atoms with Crippen molar-refractivity contribution in [2.75, 3.05) is 6.61 Å². The van der Waals surface area contributed by atoms with E-state index >= 15 is 0 Å². The number of aliphatic hydroxyl groups is 1. The molecule has 20 heavy (non-hydrogen) atoms. The Labute approximate surface area is 115 Å². The zero-order valence-corrected chi connectivity index (χ0v) is 10.8. The first kappa shape index (κ1) is 12.7. The van der Waals surface area contributed by atoms with Crippen LogP contribution in [0, 0.1) is 5.82 Å². The SMILES string of the molecule is OCCc1nc2ccc(F)cc2cc1-c1ccccn1. The fraction of sp³-hybridized carbons (Fsp3) is 0.125. The number of pyridine rings is 2. The van der Waals surface area contributed by atoms with Crippen molar-refractivity contribution in [3.8, 4) is 11.3 Å². The van der Waals surface area contributed by atoms with Crippen molar-refractivity contribution in [3.05, 3.63) is 60.2 Å². The second-order valence-corrected chi connectivity index (χ2v) is 4.51. The third-order valence-electron chi connectivity index (χ3n) is 3.15. The first-order chi connectivity index (χ1) is 9.78. The van der Waals surface area contributed by atoms with E-state index in [0.717, 1.165) is 27.9 Å². The van der Waals surface area contributed by atoms with Gasteiger partial charge in [-0.2, -0.15) is 0 Å². The fourth-order valence-corrected chi connectivity index (χ4v) is 2.23. The first-order valence-electron chi connectivity index (χ1n) is 6.39. The van der Waals surface area contributed by atoms with Crippen LogP contribution in [-0.2, 0) is 6.42 Å². The highest BCUT2D eigenvalue weighted by Crippen LogP contribution is 2.25. The van der Waals surface area contributed by atoms with Crippen molar-refractivity contribution >= 4 is 10.9 Å². The number of aromatic nitrogens is 2. The molecule has 0 aliphatic rings. The van der Waals surface area contributed by atoms with Crippen molar-refractivity contribution in [1.29, 1.82) is 0 Å². The average molecular weight is 268 g/mol. The highest BCUT2D eigenvalue weighted by molar-refractivity contribution is 5.84. The van der Waals surface area contributed by atoms with Gasteiger partial charge in [0.05, 0.1) is 16.9 Å². The van der Waals surface area contributed by atoms with Gasteiger partial charge in [0.15, 0.2) is 0 Å². The Morgan fingerprint density at radius 1 is 1.10 bits per heavy atom. The van der Waals surface area contributed by atoms with E-state index in [-0.39, 0.29) is 12.4 Å². The Hall–Kier alpha value is -2.33. The molecule has 3 nitrogen and oxygen atoms in total. The predicted octanol–water partition coefficient (Wildman–Crippen LogP) is 2.97. The second-order valence-electron chi connectivity index (χ2n) is 4.51. The summed E-state index contributed by atoms with van der Waals surface area (Å²) in [5.41, 5.74) is 3.09. The van der Waals surface area contributed by atoms with Crippen LogP contribution in [0.15, 0.2) is 48.7 Å². The molecule has 1 N–H and O–H groups in total. The smallest absolute Gasteiger partial charge is 0.123 e. The van der Waals surface area contributed by atoms with Crippen molar-refractivity contribution in [1.82, 2.24) is 9.97 Å². The maximum absolute atomic E-state index is 13.3. The monoisotopic (exact) mass is 268 g/mol. The molecular formula is C16H13FN2O. The van der Waals surface area contributed by atoms with E-state index in [1.54, 1.807) is 12.3 Å². The molecule has 0 saturated carbocycles. The molecule has 0 unspecified atom stereocenters. The lowest BCUT2D eigenvalue weighted by molar-refractivity contribution is 0.298. The number of aliphatic hydroxyl groups excluding tert-OH is 1. The molecule has 3 aromatic rings. The molecule has 3 rings (SSSR count). The van der Waals surface area contributed by atoms with Gasteiger partial charge in [-0.25, -0.2) is 4.39 Å². The van der Waals surface area contributed by atoms with Crippen LogP contribution in [0.3, 0.4) is 0 Å². The van der Waals surface area contributed by atoms with Gasteiger partial charge in [0.25, 0.3) is 0 Å². The Balaban J connectivity index is 2.24. The summed E-state index contributed by atoms with van der Waals surface area (Å²) < 4.78 is 13.3. The Kier molecular flexibility index (Phi) is 3.39. The summed E-state index contributed by atoms with van der Waals surface area (Å²) in [6.45, 7) is 0.0134. The number of halogens is 1. The standard InChI is InChI=1S/C16H13FN2O/c17-12-4-5-14-11(9-12)10-13(16(19-14)6-8-20)15-3-1-2-7-18-15/h1-5,7,9-10,20H,6,8H2. The molecule has 1 aromatic carbocycles. The van der Waals surface area contributed by atoms with Gasteiger partial charge in [-0.3, -0.25) is 9.97 Å². The van der Waals surface area contributed by atoms with E-state index in [1.807, 2.05) is 24.3 Å². The van der Waals surface area contributed by atoms with E-state index in [4.69, 9.17) is 0 Å². The van der Waals surface area contributed by atoms with Gasteiger partial charge in [0.1, 0.15) is 5.82 Å². The molecule has 0 spiro atoms. The Bertz CT molecular complexity index is 744. The molecule has 0 bridgehead atoms. The molecule has 0 atom stereocenters. The van der Waals surface area contributed by atoms with Crippen molar-refractivity contribution in [2.45, 2.75) is 6.42 Å². The number of hydrogen-bond acceptors (Lipinski definition) is 3. The normalized spacial score (nSPS) is 10.9. The third kappa shape index (κ3) is 2.38. The van der Waals surface area contributed by atoms with Crippen molar-refractivity contribution < 1.29 is 9.50 Å². The molecule has 2 aromatic heterocycles. The van der Waals surface area contributed by atoms with Crippen molar-refractivity contribution in [3.63, 3.8) is 0 Å². The molecule has 0 amide bonds. The number of hydrogen-bond donors (Lipinski definition) is 1. The second kappa shape index (κ2) is 5.35. The van der Waals surface area contributed by atoms with Crippen LogP contribution < -0.4 is 0 Å². The summed E-state index contributed by atoms with van der Waals surface area (Å²) in [6.07, 6.45) is 2.15. The molecule has 100 valence electrons. The Morgan fingerprint density at radius 2 is 2.00 bits per heavy atom. The summed E-state index contributed by atoms with van der Waals surface area (Å²) in [7, 11) is 0. The van der Waals surface area contributed by atoms with Gasteiger partial charge in [-0.05, 0) is 36.4 Å². The minimum atomic E-state index is -0.291. The number of fused-ring (bicyclic) bond motifs is 1. The van der Waals surface area contributed by atoms with Crippen LogP contribution in [0.4, 0.5) is 4.39 Å². The summed E-state index contributed by atoms with van der Waals surface area (Å²) in [6, 6.07) is 12.0. The van der Waals surface area contributed by atoms with E-state index in [2.05, 4.69) is 9.97 Å². The van der Waals surface area contributed by atoms with E-state index in [9.17, 15) is 9.50 Å². The molecule has 0 saturated heterocycles. The van der Waals surface area contributed by atoms with Crippen LogP contribution in [0.5, 0.6) is 0 Å². The molecule has 0 radical (unpaired) electrons. The lowest BCUT2D eigenvalue weighted by Gasteiger charge is -2.09. The first-order valence-corrected chi connectivity index (χ1v) is 6.39. The van der Waals surface area contributed by atoms with Gasteiger partial charge in [-0.15, -0.1) is 0 Å². The van der Waals surface area contributed by atoms with E-state index in [1.165, 1.54) is 12.1 Å². The summed E-state index contributed by atoms with van der Waals surface area (Å²) in [4.78, 5) is 8.82. The highest BCUT2D eigenvalue weighted by atomic mass is 19.1. The van der Waals surface area contributed by atoms with Crippen molar-refractivity contribution in [2.24, 2.45) is 0 Å². The predicted molar refractivity (Wildman–Crippen MR) is 75.7 cm³/mol. The van der Waals surface area contributed by atoms with Crippen LogP contribution in [-0.4, -0.2) is 21.7 Å². The maximum Gasteiger partial charge on any atom is 0.123 e. The number of rotatable bonds is 3. The lowest BCUT2D eigenvalue weighted by Crippen LogP contribution is -2.00. The molecule has 4 heteroatoms. The maximum atomic E-state index is 13.3. The highest BCUT2D eigenvalue weighted by Gasteiger charge is 2.10. The van der Waals surface area contributed by atoms with Crippen LogP contribution in [0.25, 0.3) is 22.2 Å². The largest absolute Gasteiger partial charge is 0.396 e. The van der Waals surface area contributed by atoms with Gasteiger partial charge < -0.3 is 5.11 Å². The summed E-state index contributed by atoms with van der Waals surface area (Å²) in [5, 5.41) is 9.92. The van der Waals surface area contributed by atoms with Crippen LogP contribution >= 0.6 is 0 Å². The quantitative estimate of drug-likeness (QED) is 0.794. The zero-order chi connectivity index (χ0) is 13.9. The molecule has 0 aliphatic carbocycles. The van der Waals surface area contributed by atoms with Gasteiger partial charge in [-0.1, -0.05) is 6.07 Å². The molecule has 0 aliphatic heterocycles. The topological polar surface area (TPSA) is 46.0 Å². The van der Waals surface area contributed by atoms with Gasteiger partial charge in [0.2, 0.25) is 0 Å². The molecule has 0 fully saturated rings. The summed E-state index contributed by atoms with van der Waals surface area (Å²) >= 11 is 0. The van der Waals surface area contributed by atoms with E-state index < -0.39 is 0 Å². The van der Waals surface area contributed by atoms with Gasteiger partial charge >= 0.3 is 0 Å². The third-order valence-corrected chi connectivity index (χ3v) is 3.15. The molecule has 2 heterocycles. The molecular weight excluding hydrogens is 255 g/mol. The van der Waals surface area contributed by atoms with E-state index in [0.29, 0.717) is 6.42 Å². The Morgan fingerprint density at radius 3 is 2.75 bits per heavy atom. The zero-order valence-electron chi connectivity index (χ0n) is 10.8. The fourth-order valence-electron chi connectivity index (χ4n) is 2.23. The number of benzene rings is 1. The average Bonchev–Trinajstić information content (AvgIpc) is 2.48. The number of nitrogens with zero attached hydrogens (tertiary/aromatic N) is 2. The minimum Gasteiger partial charge on any atom is -0.396 e. The summed E-state index contributed by atoms with van der Waals surface area (Å²) in [5.74, 6) is -0.291. The van der Waals surface area contributed by atoms with Crippen LogP contribution in [0.2, 0.25) is 0 Å². The lowest BCUT2D eigenvalue weighted by atomic mass is 10.0. The van der Waals surface area contributed by atoms with Crippen LogP contribution in [0.1, 0.15) is 5.69 Å². The van der Waals surface area contributed by atoms with Gasteiger partial charge in [0, 0.05) is 30.2 Å².